The third-order valence-electron chi connectivity index (χ3n) is 2.94. The van der Waals surface area contributed by atoms with Crippen LogP contribution in [0.3, 0.4) is 0 Å². The number of aromatic nitrogens is 2. The summed E-state index contributed by atoms with van der Waals surface area (Å²) in [4.78, 5) is 0. The topological polar surface area (TPSA) is 38.1 Å². The van der Waals surface area contributed by atoms with Crippen molar-refractivity contribution in [3.05, 3.63) is 51.8 Å². The van der Waals surface area contributed by atoms with Gasteiger partial charge in [-0.1, -0.05) is 41.4 Å². The van der Waals surface area contributed by atoms with Crippen molar-refractivity contribution in [1.82, 2.24) is 9.78 Å². The highest BCUT2D eigenvalue weighted by Gasteiger charge is 2.09. The first-order chi connectivity index (χ1) is 8.74. The quantitative estimate of drug-likeness (QED) is 0.921. The molecule has 1 aromatic heterocycles. The van der Waals surface area contributed by atoms with Crippen LogP contribution in [-0.4, -0.2) is 14.9 Å². The van der Waals surface area contributed by atoms with E-state index in [9.17, 15) is 5.11 Å². The Morgan fingerprint density at radius 1 is 1.28 bits per heavy atom. The fraction of sp³-hybridized carbons (Fsp3) is 0.357. The average Bonchev–Trinajstić information content (AvgIpc) is 2.75. The molecular formula is C14H17BrN2O. The second-order valence-electron chi connectivity index (χ2n) is 4.31. The van der Waals surface area contributed by atoms with E-state index in [1.54, 1.807) is 6.20 Å². The number of aliphatic hydroxyl groups is 1. The van der Waals surface area contributed by atoms with E-state index in [2.05, 4.69) is 40.1 Å². The van der Waals surface area contributed by atoms with Crippen molar-refractivity contribution in [3.8, 4) is 0 Å². The van der Waals surface area contributed by atoms with Crippen LogP contribution in [0.2, 0.25) is 0 Å². The molecule has 0 aliphatic rings. The molecule has 0 amide bonds. The Hall–Kier alpha value is -1.13. The predicted octanol–water partition coefficient (Wildman–Crippen LogP) is 3.14. The number of hydrogen-bond donors (Lipinski definition) is 1. The largest absolute Gasteiger partial charge is 0.392 e. The van der Waals surface area contributed by atoms with Crippen LogP contribution in [0.25, 0.3) is 0 Å². The highest BCUT2D eigenvalue weighted by Crippen LogP contribution is 2.15. The second kappa shape index (κ2) is 6.16. The van der Waals surface area contributed by atoms with Gasteiger partial charge in [0.25, 0.3) is 0 Å². The number of halogens is 1. The van der Waals surface area contributed by atoms with Crippen molar-refractivity contribution in [3.63, 3.8) is 0 Å². The monoisotopic (exact) mass is 308 g/mol. The standard InChI is InChI=1S/C14H17BrN2O/c1-2-3-14-12(10-18)8-16-17(14)9-11-4-6-13(15)7-5-11/h4-8,18H,2-3,9-10H2,1H3. The smallest absolute Gasteiger partial charge is 0.0715 e. The summed E-state index contributed by atoms with van der Waals surface area (Å²) >= 11 is 3.43. The van der Waals surface area contributed by atoms with Crippen LogP contribution in [0.5, 0.6) is 0 Å². The van der Waals surface area contributed by atoms with Crippen LogP contribution in [0, 0.1) is 0 Å². The molecule has 0 saturated carbocycles. The Morgan fingerprint density at radius 3 is 2.61 bits per heavy atom. The van der Waals surface area contributed by atoms with Gasteiger partial charge in [0.2, 0.25) is 0 Å². The Morgan fingerprint density at radius 2 is 2.00 bits per heavy atom. The van der Waals surface area contributed by atoms with Crippen LogP contribution in [0.1, 0.15) is 30.2 Å². The molecule has 18 heavy (non-hydrogen) atoms. The highest BCUT2D eigenvalue weighted by atomic mass is 79.9. The molecule has 0 saturated heterocycles. The molecule has 2 aromatic rings. The summed E-state index contributed by atoms with van der Waals surface area (Å²) in [5, 5.41) is 13.7. The lowest BCUT2D eigenvalue weighted by Crippen LogP contribution is -2.07. The van der Waals surface area contributed by atoms with E-state index in [-0.39, 0.29) is 6.61 Å². The molecule has 0 atom stereocenters. The number of benzene rings is 1. The normalized spacial score (nSPS) is 10.8. The molecule has 1 heterocycles. The highest BCUT2D eigenvalue weighted by molar-refractivity contribution is 9.10. The van der Waals surface area contributed by atoms with Crippen molar-refractivity contribution in [2.24, 2.45) is 0 Å². The zero-order valence-electron chi connectivity index (χ0n) is 10.4. The van der Waals surface area contributed by atoms with Crippen molar-refractivity contribution in [2.75, 3.05) is 0 Å². The summed E-state index contributed by atoms with van der Waals surface area (Å²) in [6.45, 7) is 2.95. The van der Waals surface area contributed by atoms with Crippen LogP contribution in [-0.2, 0) is 19.6 Å². The fourth-order valence-electron chi connectivity index (χ4n) is 2.01. The van der Waals surface area contributed by atoms with Gasteiger partial charge in [0, 0.05) is 15.7 Å². The van der Waals surface area contributed by atoms with Crippen molar-refractivity contribution < 1.29 is 5.11 Å². The zero-order chi connectivity index (χ0) is 13.0. The SMILES string of the molecule is CCCc1c(CO)cnn1Cc1ccc(Br)cc1. The molecule has 0 spiro atoms. The lowest BCUT2D eigenvalue weighted by Gasteiger charge is -2.08. The minimum Gasteiger partial charge on any atom is -0.392 e. The van der Waals surface area contributed by atoms with Gasteiger partial charge in [-0.3, -0.25) is 4.68 Å². The first kappa shape index (κ1) is 13.3. The third-order valence-corrected chi connectivity index (χ3v) is 3.47. The van der Waals surface area contributed by atoms with Crippen molar-refractivity contribution in [2.45, 2.75) is 32.9 Å². The molecule has 2 rings (SSSR count). The maximum absolute atomic E-state index is 9.30. The molecule has 0 aliphatic carbocycles. The van der Waals surface area contributed by atoms with E-state index in [1.165, 1.54) is 5.56 Å². The van der Waals surface area contributed by atoms with Crippen molar-refractivity contribution in [1.29, 1.82) is 0 Å². The van der Waals surface area contributed by atoms with Gasteiger partial charge in [0.1, 0.15) is 0 Å². The molecule has 0 fully saturated rings. The second-order valence-corrected chi connectivity index (χ2v) is 5.22. The van der Waals surface area contributed by atoms with Gasteiger partial charge < -0.3 is 5.11 Å². The van der Waals surface area contributed by atoms with Gasteiger partial charge in [0.05, 0.1) is 19.3 Å². The van der Waals surface area contributed by atoms with E-state index in [0.717, 1.165) is 35.1 Å². The van der Waals surface area contributed by atoms with Crippen LogP contribution in [0.15, 0.2) is 34.9 Å². The van der Waals surface area contributed by atoms with Gasteiger partial charge >= 0.3 is 0 Å². The van der Waals surface area contributed by atoms with E-state index in [1.807, 2.05) is 16.8 Å². The van der Waals surface area contributed by atoms with Gasteiger partial charge in [-0.15, -0.1) is 0 Å². The van der Waals surface area contributed by atoms with E-state index in [0.29, 0.717) is 0 Å². The molecule has 1 aromatic carbocycles. The minimum absolute atomic E-state index is 0.0651. The van der Waals surface area contributed by atoms with Gasteiger partial charge in [-0.25, -0.2) is 0 Å². The predicted molar refractivity (Wildman–Crippen MR) is 75.4 cm³/mol. The summed E-state index contributed by atoms with van der Waals surface area (Å²) in [6.07, 6.45) is 3.77. The number of nitrogens with zero attached hydrogens (tertiary/aromatic N) is 2. The molecule has 0 unspecified atom stereocenters. The molecule has 0 aliphatic heterocycles. The van der Waals surface area contributed by atoms with Crippen molar-refractivity contribution >= 4 is 15.9 Å². The Balaban J connectivity index is 2.22. The Labute approximate surface area is 116 Å². The number of aliphatic hydroxyl groups excluding tert-OH is 1. The zero-order valence-corrected chi connectivity index (χ0v) is 12.0. The Bertz CT molecular complexity index is 505. The minimum atomic E-state index is 0.0651. The van der Waals surface area contributed by atoms with Crippen LogP contribution in [0.4, 0.5) is 0 Å². The molecule has 3 nitrogen and oxygen atoms in total. The summed E-state index contributed by atoms with van der Waals surface area (Å²) in [6, 6.07) is 8.23. The van der Waals surface area contributed by atoms with Gasteiger partial charge in [-0.2, -0.15) is 5.10 Å². The Kier molecular flexibility index (Phi) is 4.55. The lowest BCUT2D eigenvalue weighted by atomic mass is 10.1. The number of rotatable bonds is 5. The molecule has 96 valence electrons. The average molecular weight is 309 g/mol. The van der Waals surface area contributed by atoms with E-state index >= 15 is 0 Å². The van der Waals surface area contributed by atoms with E-state index in [4.69, 9.17) is 0 Å². The first-order valence-electron chi connectivity index (χ1n) is 6.13. The first-order valence-corrected chi connectivity index (χ1v) is 6.92. The maximum Gasteiger partial charge on any atom is 0.0715 e. The molecule has 4 heteroatoms. The summed E-state index contributed by atoms with van der Waals surface area (Å²) in [7, 11) is 0. The van der Waals surface area contributed by atoms with E-state index < -0.39 is 0 Å². The lowest BCUT2D eigenvalue weighted by molar-refractivity contribution is 0.280. The van der Waals surface area contributed by atoms with Gasteiger partial charge in [-0.05, 0) is 24.1 Å². The summed E-state index contributed by atoms with van der Waals surface area (Å²) in [5.74, 6) is 0. The van der Waals surface area contributed by atoms with Crippen LogP contribution < -0.4 is 0 Å². The maximum atomic E-state index is 9.30. The van der Waals surface area contributed by atoms with Crippen LogP contribution >= 0.6 is 15.9 Å². The summed E-state index contributed by atoms with van der Waals surface area (Å²) in [5.41, 5.74) is 3.29. The fourth-order valence-corrected chi connectivity index (χ4v) is 2.27. The molecular weight excluding hydrogens is 292 g/mol. The summed E-state index contributed by atoms with van der Waals surface area (Å²) < 4.78 is 3.06. The third kappa shape index (κ3) is 3.00. The molecule has 1 N–H and O–H groups in total. The number of hydrogen-bond acceptors (Lipinski definition) is 2. The molecule has 0 radical (unpaired) electrons. The molecule has 0 bridgehead atoms. The van der Waals surface area contributed by atoms with Gasteiger partial charge in [0.15, 0.2) is 0 Å².